The molecule has 0 fully saturated rings. The summed E-state index contributed by atoms with van der Waals surface area (Å²) < 4.78 is 18.6. The van der Waals surface area contributed by atoms with Gasteiger partial charge in [-0.1, -0.05) is 44.2 Å². The number of fused-ring (bicyclic) bond motifs is 1. The number of rotatable bonds is 9. The van der Waals surface area contributed by atoms with Crippen LogP contribution in [0.5, 0.6) is 23.0 Å². The zero-order valence-corrected chi connectivity index (χ0v) is 19.4. The second-order valence-electron chi connectivity index (χ2n) is 8.15. The molecule has 0 aliphatic carbocycles. The maximum absolute atomic E-state index is 10.9. The first-order chi connectivity index (χ1) is 15.5. The van der Waals surface area contributed by atoms with Gasteiger partial charge in [-0.25, -0.2) is 0 Å². The number of hydrogen-bond acceptors (Lipinski definition) is 5. The van der Waals surface area contributed by atoms with Crippen LogP contribution in [0.25, 0.3) is 10.1 Å². The Kier molecular flexibility index (Phi) is 6.98. The van der Waals surface area contributed by atoms with Crippen LogP contribution in [-0.4, -0.2) is 12.2 Å². The standard InChI is InChI=1S/C27H28O4S/c1-18(2)15-24(28)27-26(23-14-13-22(29-3)16-25(23)32-27)31-21-11-9-20(10-12-21)30-17-19-7-5-4-6-8-19/h4-14,16,18,24,28H,15,17H2,1-3H3. The Bertz CT molecular complexity index is 1150. The number of methoxy groups -OCH3 is 1. The minimum atomic E-state index is -0.582. The molecule has 4 aromatic rings. The van der Waals surface area contributed by atoms with Crippen molar-refractivity contribution in [3.63, 3.8) is 0 Å². The number of ether oxygens (including phenoxy) is 3. The molecule has 0 bridgehead atoms. The first kappa shape index (κ1) is 22.2. The maximum atomic E-state index is 10.9. The molecular weight excluding hydrogens is 420 g/mol. The molecule has 0 radical (unpaired) electrons. The summed E-state index contributed by atoms with van der Waals surface area (Å²) in [5.41, 5.74) is 1.12. The molecule has 1 heterocycles. The molecule has 32 heavy (non-hydrogen) atoms. The molecule has 0 saturated carbocycles. The van der Waals surface area contributed by atoms with Crippen LogP contribution in [0.2, 0.25) is 0 Å². The van der Waals surface area contributed by atoms with E-state index in [1.165, 1.54) is 0 Å². The van der Waals surface area contributed by atoms with Crippen LogP contribution in [0.15, 0.2) is 72.8 Å². The molecule has 4 rings (SSSR count). The Morgan fingerprint density at radius 2 is 1.56 bits per heavy atom. The molecule has 0 aliphatic rings. The average molecular weight is 449 g/mol. The minimum absolute atomic E-state index is 0.374. The molecule has 0 aliphatic heterocycles. The molecule has 1 N–H and O–H groups in total. The van der Waals surface area contributed by atoms with Crippen LogP contribution < -0.4 is 14.2 Å². The van der Waals surface area contributed by atoms with Crippen molar-refractivity contribution in [2.75, 3.05) is 7.11 Å². The largest absolute Gasteiger partial charge is 0.497 e. The number of aliphatic hydroxyl groups excluding tert-OH is 1. The summed E-state index contributed by atoms with van der Waals surface area (Å²) >= 11 is 1.55. The van der Waals surface area contributed by atoms with Gasteiger partial charge in [0.25, 0.3) is 0 Å². The first-order valence-corrected chi connectivity index (χ1v) is 11.6. The molecule has 0 saturated heterocycles. The second kappa shape index (κ2) is 10.1. The van der Waals surface area contributed by atoms with Gasteiger partial charge in [-0.05, 0) is 60.4 Å². The van der Waals surface area contributed by atoms with Crippen molar-refractivity contribution in [1.82, 2.24) is 0 Å². The minimum Gasteiger partial charge on any atom is -0.497 e. The maximum Gasteiger partial charge on any atom is 0.151 e. The van der Waals surface area contributed by atoms with Crippen molar-refractivity contribution in [2.24, 2.45) is 5.92 Å². The van der Waals surface area contributed by atoms with Crippen LogP contribution >= 0.6 is 11.3 Å². The summed E-state index contributed by atoms with van der Waals surface area (Å²) in [7, 11) is 1.65. The van der Waals surface area contributed by atoms with Crippen LogP contribution in [0.4, 0.5) is 0 Å². The van der Waals surface area contributed by atoms with Crippen LogP contribution in [0.3, 0.4) is 0 Å². The smallest absolute Gasteiger partial charge is 0.151 e. The Morgan fingerprint density at radius 3 is 2.25 bits per heavy atom. The highest BCUT2D eigenvalue weighted by Crippen LogP contribution is 2.46. The van der Waals surface area contributed by atoms with Crippen LogP contribution in [0, 0.1) is 5.92 Å². The van der Waals surface area contributed by atoms with Crippen LogP contribution in [-0.2, 0) is 6.61 Å². The molecule has 0 amide bonds. The fraction of sp³-hybridized carbons (Fsp3) is 0.259. The fourth-order valence-electron chi connectivity index (χ4n) is 3.54. The van der Waals surface area contributed by atoms with Gasteiger partial charge in [0.2, 0.25) is 0 Å². The van der Waals surface area contributed by atoms with E-state index in [1.807, 2.05) is 72.8 Å². The third-order valence-electron chi connectivity index (χ3n) is 5.17. The Labute approximate surface area is 193 Å². The summed E-state index contributed by atoms with van der Waals surface area (Å²) in [5, 5.41) is 11.8. The van der Waals surface area contributed by atoms with Gasteiger partial charge in [0.15, 0.2) is 5.75 Å². The van der Waals surface area contributed by atoms with Gasteiger partial charge in [0, 0.05) is 10.1 Å². The quantitative estimate of drug-likeness (QED) is 0.291. The number of thiophene rings is 1. The number of benzene rings is 3. The number of aliphatic hydroxyl groups is 1. The lowest BCUT2D eigenvalue weighted by Crippen LogP contribution is -2.01. The van der Waals surface area contributed by atoms with Gasteiger partial charge in [0.05, 0.1) is 18.1 Å². The van der Waals surface area contributed by atoms with Crippen molar-refractivity contribution in [1.29, 1.82) is 0 Å². The van der Waals surface area contributed by atoms with E-state index in [9.17, 15) is 5.11 Å². The monoisotopic (exact) mass is 448 g/mol. The first-order valence-electron chi connectivity index (χ1n) is 10.8. The van der Waals surface area contributed by atoms with Crippen LogP contribution in [0.1, 0.15) is 36.8 Å². The molecular formula is C27H28O4S. The third kappa shape index (κ3) is 5.23. The zero-order valence-electron chi connectivity index (χ0n) is 18.6. The van der Waals surface area contributed by atoms with Gasteiger partial charge in [-0.15, -0.1) is 11.3 Å². The molecule has 1 aromatic heterocycles. The van der Waals surface area contributed by atoms with E-state index in [-0.39, 0.29) is 0 Å². The summed E-state index contributed by atoms with van der Waals surface area (Å²) in [5.74, 6) is 3.35. The molecule has 166 valence electrons. The second-order valence-corrected chi connectivity index (χ2v) is 9.23. The average Bonchev–Trinajstić information content (AvgIpc) is 3.16. The van der Waals surface area contributed by atoms with E-state index in [0.717, 1.165) is 32.0 Å². The number of hydrogen-bond donors (Lipinski definition) is 1. The lowest BCUT2D eigenvalue weighted by molar-refractivity contribution is 0.152. The van der Waals surface area contributed by atoms with E-state index in [4.69, 9.17) is 14.2 Å². The molecule has 3 aromatic carbocycles. The predicted octanol–water partition coefficient (Wildman–Crippen LogP) is 7.36. The zero-order chi connectivity index (χ0) is 22.5. The van der Waals surface area contributed by atoms with Crippen molar-refractivity contribution >= 4 is 21.4 Å². The highest BCUT2D eigenvalue weighted by atomic mass is 32.1. The predicted molar refractivity (Wildman–Crippen MR) is 130 cm³/mol. The van der Waals surface area contributed by atoms with Crippen molar-refractivity contribution in [2.45, 2.75) is 33.0 Å². The summed E-state index contributed by atoms with van der Waals surface area (Å²) in [6, 6.07) is 23.6. The van der Waals surface area contributed by atoms with E-state index in [0.29, 0.717) is 30.4 Å². The van der Waals surface area contributed by atoms with Gasteiger partial charge >= 0.3 is 0 Å². The normalized spacial score (nSPS) is 12.2. The third-order valence-corrected chi connectivity index (χ3v) is 6.40. The lowest BCUT2D eigenvalue weighted by Gasteiger charge is -2.15. The van der Waals surface area contributed by atoms with E-state index in [2.05, 4.69) is 13.8 Å². The van der Waals surface area contributed by atoms with Gasteiger partial charge < -0.3 is 19.3 Å². The van der Waals surface area contributed by atoms with Gasteiger partial charge in [-0.3, -0.25) is 0 Å². The molecule has 4 nitrogen and oxygen atoms in total. The topological polar surface area (TPSA) is 47.9 Å². The molecule has 0 spiro atoms. The van der Waals surface area contributed by atoms with Crippen molar-refractivity contribution in [3.05, 3.63) is 83.2 Å². The molecule has 5 heteroatoms. The van der Waals surface area contributed by atoms with E-state index in [1.54, 1.807) is 18.4 Å². The van der Waals surface area contributed by atoms with Crippen molar-refractivity contribution in [3.8, 4) is 23.0 Å². The fourth-order valence-corrected chi connectivity index (χ4v) is 4.70. The Hall–Kier alpha value is -3.02. The van der Waals surface area contributed by atoms with Gasteiger partial charge in [0.1, 0.15) is 23.9 Å². The SMILES string of the molecule is COc1ccc2c(Oc3ccc(OCc4ccccc4)cc3)c(C(O)CC(C)C)sc2c1. The lowest BCUT2D eigenvalue weighted by atomic mass is 10.0. The summed E-state index contributed by atoms with van der Waals surface area (Å²) in [6.07, 6.45) is 0.0916. The van der Waals surface area contributed by atoms with E-state index >= 15 is 0 Å². The highest BCUT2D eigenvalue weighted by molar-refractivity contribution is 7.19. The summed E-state index contributed by atoms with van der Waals surface area (Å²) in [4.78, 5) is 0.839. The van der Waals surface area contributed by atoms with Gasteiger partial charge in [-0.2, -0.15) is 0 Å². The Morgan fingerprint density at radius 1 is 0.875 bits per heavy atom. The Balaban J connectivity index is 1.57. The highest BCUT2D eigenvalue weighted by Gasteiger charge is 2.22. The van der Waals surface area contributed by atoms with E-state index < -0.39 is 6.10 Å². The van der Waals surface area contributed by atoms with Crippen molar-refractivity contribution < 1.29 is 19.3 Å². The summed E-state index contributed by atoms with van der Waals surface area (Å²) in [6.45, 7) is 4.73. The molecule has 1 atom stereocenters. The molecule has 1 unspecified atom stereocenters.